The zero-order chi connectivity index (χ0) is 8.27. The van der Waals surface area contributed by atoms with Crippen LogP contribution in [0.5, 0.6) is 0 Å². The summed E-state index contributed by atoms with van der Waals surface area (Å²) >= 11 is 0. The van der Waals surface area contributed by atoms with Crippen molar-refractivity contribution in [3.05, 3.63) is 0 Å². The van der Waals surface area contributed by atoms with E-state index in [1.807, 2.05) is 0 Å². The maximum absolute atomic E-state index is 10.4. The fourth-order valence-corrected chi connectivity index (χ4v) is 1.22. The molecule has 1 saturated heterocycles. The summed E-state index contributed by atoms with van der Waals surface area (Å²) < 4.78 is 0. The van der Waals surface area contributed by atoms with Crippen molar-refractivity contribution in [1.29, 1.82) is 0 Å². The second-order valence-electron chi connectivity index (χ2n) is 2.63. The van der Waals surface area contributed by atoms with Crippen molar-refractivity contribution < 1.29 is 14.7 Å². The van der Waals surface area contributed by atoms with E-state index in [-0.39, 0.29) is 6.10 Å². The second-order valence-corrected chi connectivity index (χ2v) is 2.63. The van der Waals surface area contributed by atoms with Crippen LogP contribution in [0.1, 0.15) is 12.8 Å². The van der Waals surface area contributed by atoms with Crippen LogP contribution < -0.4 is 5.90 Å². The molecule has 0 aliphatic carbocycles. The molecule has 5 nitrogen and oxygen atoms in total. The van der Waals surface area contributed by atoms with Crippen molar-refractivity contribution in [2.45, 2.75) is 18.9 Å². The normalized spacial score (nSPS) is 25.2. The lowest BCUT2D eigenvalue weighted by molar-refractivity contribution is 0.00227. The molecule has 5 heteroatoms. The van der Waals surface area contributed by atoms with E-state index in [9.17, 15) is 4.79 Å². The number of hydrogen-bond donors (Lipinski definition) is 2. The van der Waals surface area contributed by atoms with E-state index in [4.69, 9.17) is 11.0 Å². The van der Waals surface area contributed by atoms with Crippen molar-refractivity contribution in [3.8, 4) is 0 Å². The number of amides is 1. The highest BCUT2D eigenvalue weighted by Crippen LogP contribution is 2.11. The fourth-order valence-electron chi connectivity index (χ4n) is 1.22. The van der Waals surface area contributed by atoms with Crippen molar-refractivity contribution in [1.82, 2.24) is 4.90 Å². The van der Waals surface area contributed by atoms with E-state index >= 15 is 0 Å². The number of rotatable bonds is 1. The molecule has 0 aromatic carbocycles. The summed E-state index contributed by atoms with van der Waals surface area (Å²) in [6, 6.07) is 0. The Bertz CT molecular complexity index is 151. The van der Waals surface area contributed by atoms with Crippen molar-refractivity contribution in [3.63, 3.8) is 0 Å². The number of nitrogens with zero attached hydrogens (tertiary/aromatic N) is 1. The number of carboxylic acid groups (broad SMARTS) is 1. The van der Waals surface area contributed by atoms with Gasteiger partial charge in [-0.1, -0.05) is 0 Å². The quantitative estimate of drug-likeness (QED) is 0.530. The summed E-state index contributed by atoms with van der Waals surface area (Å²) in [7, 11) is 0. The van der Waals surface area contributed by atoms with Gasteiger partial charge in [0.15, 0.2) is 0 Å². The molecule has 1 rings (SSSR count). The Morgan fingerprint density at radius 3 is 3.00 bits per heavy atom. The van der Waals surface area contributed by atoms with Gasteiger partial charge in [0.25, 0.3) is 0 Å². The van der Waals surface area contributed by atoms with Crippen LogP contribution in [0.15, 0.2) is 0 Å². The number of hydrogen-bond acceptors (Lipinski definition) is 3. The zero-order valence-electron chi connectivity index (χ0n) is 6.19. The zero-order valence-corrected chi connectivity index (χ0v) is 6.19. The van der Waals surface area contributed by atoms with Crippen LogP contribution >= 0.6 is 0 Å². The summed E-state index contributed by atoms with van der Waals surface area (Å²) in [5.74, 6) is 4.95. The highest BCUT2D eigenvalue weighted by molar-refractivity contribution is 5.65. The molecule has 1 amide bonds. The molecule has 1 atom stereocenters. The molecule has 0 radical (unpaired) electrons. The highest BCUT2D eigenvalue weighted by Gasteiger charge is 2.22. The number of likely N-dealkylation sites (tertiary alicyclic amines) is 1. The van der Waals surface area contributed by atoms with Gasteiger partial charge in [-0.2, -0.15) is 0 Å². The highest BCUT2D eigenvalue weighted by atomic mass is 16.6. The Morgan fingerprint density at radius 1 is 1.73 bits per heavy atom. The molecule has 1 unspecified atom stereocenters. The molecule has 0 aromatic heterocycles. The molecule has 0 spiro atoms. The van der Waals surface area contributed by atoms with E-state index < -0.39 is 6.09 Å². The lowest BCUT2D eigenvalue weighted by Crippen LogP contribution is -2.43. The Morgan fingerprint density at radius 2 is 2.45 bits per heavy atom. The Balaban J connectivity index is 2.39. The van der Waals surface area contributed by atoms with Crippen LogP contribution in [0.4, 0.5) is 4.79 Å². The van der Waals surface area contributed by atoms with Crippen molar-refractivity contribution >= 4 is 6.09 Å². The molecule has 1 aliphatic rings. The topological polar surface area (TPSA) is 75.8 Å². The molecular weight excluding hydrogens is 148 g/mol. The van der Waals surface area contributed by atoms with Crippen LogP contribution in [0.25, 0.3) is 0 Å². The third-order valence-corrected chi connectivity index (χ3v) is 1.84. The number of carbonyl (C=O) groups is 1. The van der Waals surface area contributed by atoms with Gasteiger partial charge < -0.3 is 10.0 Å². The smallest absolute Gasteiger partial charge is 0.407 e. The summed E-state index contributed by atoms with van der Waals surface area (Å²) in [6.07, 6.45) is 0.653. The third kappa shape index (κ3) is 2.06. The predicted molar refractivity (Wildman–Crippen MR) is 37.9 cm³/mol. The van der Waals surface area contributed by atoms with Gasteiger partial charge in [-0.3, -0.25) is 4.84 Å². The average Bonchev–Trinajstić information content (AvgIpc) is 2.05. The summed E-state index contributed by atoms with van der Waals surface area (Å²) in [4.78, 5) is 16.3. The van der Waals surface area contributed by atoms with Gasteiger partial charge in [0, 0.05) is 6.54 Å². The molecule has 1 aliphatic heterocycles. The lowest BCUT2D eigenvalue weighted by Gasteiger charge is -2.28. The first-order valence-electron chi connectivity index (χ1n) is 3.57. The standard InChI is InChI=1S/C6H12N2O3/c7-11-5-2-1-3-8(4-5)6(9)10/h5H,1-4,7H2,(H,9,10). The first kappa shape index (κ1) is 8.29. The first-order chi connectivity index (χ1) is 5.24. The number of piperidine rings is 1. The van der Waals surface area contributed by atoms with E-state index in [2.05, 4.69) is 4.84 Å². The number of nitrogens with two attached hydrogens (primary N) is 1. The van der Waals surface area contributed by atoms with Crippen LogP contribution in [-0.4, -0.2) is 35.3 Å². The van der Waals surface area contributed by atoms with Gasteiger partial charge in [0.1, 0.15) is 0 Å². The Hall–Kier alpha value is -0.810. The molecule has 0 aromatic rings. The van der Waals surface area contributed by atoms with Gasteiger partial charge in [-0.25, -0.2) is 10.7 Å². The van der Waals surface area contributed by atoms with Gasteiger partial charge >= 0.3 is 6.09 Å². The van der Waals surface area contributed by atoms with Crippen LogP contribution in [0.2, 0.25) is 0 Å². The van der Waals surface area contributed by atoms with Crippen LogP contribution in [0, 0.1) is 0 Å². The summed E-state index contributed by atoms with van der Waals surface area (Å²) in [6.45, 7) is 0.987. The SMILES string of the molecule is NOC1CCCN(C(=O)O)C1. The molecule has 11 heavy (non-hydrogen) atoms. The van der Waals surface area contributed by atoms with Crippen LogP contribution in [-0.2, 0) is 4.84 Å². The van der Waals surface area contributed by atoms with E-state index in [1.165, 1.54) is 4.90 Å². The van der Waals surface area contributed by atoms with Crippen LogP contribution in [0.3, 0.4) is 0 Å². The minimum atomic E-state index is -0.897. The van der Waals surface area contributed by atoms with Crippen molar-refractivity contribution in [2.24, 2.45) is 5.90 Å². The molecule has 0 bridgehead atoms. The summed E-state index contributed by atoms with van der Waals surface area (Å²) in [5.41, 5.74) is 0. The summed E-state index contributed by atoms with van der Waals surface area (Å²) in [5, 5.41) is 8.58. The molecule has 1 fully saturated rings. The monoisotopic (exact) mass is 160 g/mol. The van der Waals surface area contributed by atoms with Gasteiger partial charge in [-0.05, 0) is 12.8 Å². The maximum Gasteiger partial charge on any atom is 0.407 e. The van der Waals surface area contributed by atoms with E-state index in [1.54, 1.807) is 0 Å². The Kier molecular flexibility index (Phi) is 2.67. The molecule has 1 heterocycles. The first-order valence-corrected chi connectivity index (χ1v) is 3.57. The van der Waals surface area contributed by atoms with E-state index in [0.29, 0.717) is 13.1 Å². The third-order valence-electron chi connectivity index (χ3n) is 1.84. The lowest BCUT2D eigenvalue weighted by atomic mass is 10.1. The average molecular weight is 160 g/mol. The van der Waals surface area contributed by atoms with Gasteiger partial charge in [-0.15, -0.1) is 0 Å². The fraction of sp³-hybridized carbons (Fsp3) is 0.833. The largest absolute Gasteiger partial charge is 0.465 e. The van der Waals surface area contributed by atoms with Gasteiger partial charge in [0.05, 0.1) is 12.6 Å². The van der Waals surface area contributed by atoms with Gasteiger partial charge in [0.2, 0.25) is 0 Å². The molecule has 64 valence electrons. The predicted octanol–water partition coefficient (Wildman–Crippen LogP) is 0.0191. The maximum atomic E-state index is 10.4. The Labute approximate surface area is 64.7 Å². The molecular formula is C6H12N2O3. The molecule has 3 N–H and O–H groups in total. The van der Waals surface area contributed by atoms with Crippen molar-refractivity contribution in [2.75, 3.05) is 13.1 Å². The minimum absolute atomic E-state index is 0.125. The molecule has 0 saturated carbocycles. The van der Waals surface area contributed by atoms with E-state index in [0.717, 1.165) is 12.8 Å². The second kappa shape index (κ2) is 3.54. The minimum Gasteiger partial charge on any atom is -0.465 e.